The van der Waals surface area contributed by atoms with Crippen molar-refractivity contribution in [3.63, 3.8) is 0 Å². The molecular weight excluding hydrogens is 512 g/mol. The number of quaternary nitrogens is 1. The first-order chi connectivity index (χ1) is 18.3. The van der Waals surface area contributed by atoms with Gasteiger partial charge in [0.1, 0.15) is 16.2 Å². The number of hydrogen-bond donors (Lipinski definition) is 3. The Balaban J connectivity index is 1.47. The van der Waals surface area contributed by atoms with Gasteiger partial charge in [-0.05, 0) is 74.8 Å². The third kappa shape index (κ3) is 6.10. The van der Waals surface area contributed by atoms with Crippen LogP contribution in [-0.4, -0.2) is 62.9 Å². The number of thioether (sulfide) groups is 1. The highest BCUT2D eigenvalue weighted by Gasteiger charge is 2.27. The van der Waals surface area contributed by atoms with E-state index < -0.39 is 0 Å². The number of aromatic hydroxyl groups is 2. The summed E-state index contributed by atoms with van der Waals surface area (Å²) in [5, 5.41) is 22.6. The molecule has 0 saturated carbocycles. The second-order valence-electron chi connectivity index (χ2n) is 10.7. The number of nitrogens with one attached hydrogen (secondary N) is 1. The molecule has 0 spiro atoms. The van der Waals surface area contributed by atoms with Crippen molar-refractivity contribution in [3.8, 4) is 11.5 Å². The van der Waals surface area contributed by atoms with E-state index >= 15 is 0 Å². The third-order valence-electron chi connectivity index (χ3n) is 6.96. The van der Waals surface area contributed by atoms with Crippen LogP contribution in [0.15, 0.2) is 69.6 Å². The average Bonchev–Trinajstić information content (AvgIpc) is 3.37. The fourth-order valence-electron chi connectivity index (χ4n) is 4.92. The summed E-state index contributed by atoms with van der Waals surface area (Å²) in [6.07, 6.45) is 10.3. The molecule has 1 aromatic heterocycles. The van der Waals surface area contributed by atoms with Gasteiger partial charge in [-0.2, -0.15) is 4.57 Å². The summed E-state index contributed by atoms with van der Waals surface area (Å²) >= 11 is 3.50. The maximum atomic E-state index is 10.1. The molecule has 3 N–H and O–H groups in total. The molecule has 200 valence electrons. The van der Waals surface area contributed by atoms with Crippen LogP contribution in [0.5, 0.6) is 11.5 Å². The van der Waals surface area contributed by atoms with E-state index in [4.69, 9.17) is 0 Å². The monoisotopic (exact) mass is 550 g/mol. The molecule has 0 unspecified atom stereocenters. The van der Waals surface area contributed by atoms with Gasteiger partial charge in [-0.15, -0.1) is 0 Å². The summed E-state index contributed by atoms with van der Waals surface area (Å²) in [5.74, 6) is 0.630. The summed E-state index contributed by atoms with van der Waals surface area (Å²) in [4.78, 5) is 7.15. The van der Waals surface area contributed by atoms with E-state index in [1.54, 1.807) is 35.2 Å². The Morgan fingerprint density at radius 2 is 1.84 bits per heavy atom. The van der Waals surface area contributed by atoms with Gasteiger partial charge in [-0.3, -0.25) is 0 Å². The number of nitrogens with zero attached hydrogens (tertiary/aromatic N) is 3. The smallest absolute Gasteiger partial charge is 0.263 e. The second kappa shape index (κ2) is 11.5. The van der Waals surface area contributed by atoms with E-state index in [2.05, 4.69) is 60.8 Å². The predicted molar refractivity (Wildman–Crippen MR) is 159 cm³/mol. The Morgan fingerprint density at radius 1 is 1.05 bits per heavy atom. The molecule has 1 aliphatic heterocycles. The minimum atomic E-state index is 0.313. The van der Waals surface area contributed by atoms with Crippen LogP contribution >= 0.6 is 23.1 Å². The number of aromatic nitrogens is 1. The van der Waals surface area contributed by atoms with Crippen LogP contribution in [0.1, 0.15) is 24.3 Å². The molecule has 0 radical (unpaired) electrons. The highest BCUT2D eigenvalue weighted by atomic mass is 32.2. The van der Waals surface area contributed by atoms with Gasteiger partial charge in [-0.25, -0.2) is 0 Å². The van der Waals surface area contributed by atoms with E-state index in [9.17, 15) is 10.2 Å². The molecule has 0 atom stereocenters. The van der Waals surface area contributed by atoms with Crippen LogP contribution in [0.3, 0.4) is 0 Å². The lowest BCUT2D eigenvalue weighted by atomic mass is 9.95. The normalized spacial score (nSPS) is 17.8. The van der Waals surface area contributed by atoms with E-state index in [0.717, 1.165) is 55.0 Å². The lowest BCUT2D eigenvalue weighted by Crippen LogP contribution is -3.06. The molecular formula is C30H38N4O2S2+2. The average molecular weight is 551 g/mol. The standard InChI is InChI=1S/C30H36N4O2S2/c1-31(2)12-14-33-25-10-8-23(35)19-27(25)37-29(33)17-21-6-5-7-22(16-21)18-30-34(15-13-32(3)4)26-11-9-24(36)20-28(26)38-30/h8-11,16-20H,5-7,12-15H2,1-4H3,(H-,35,36)/p+2. The molecule has 1 aliphatic carbocycles. The zero-order valence-corrected chi connectivity index (χ0v) is 24.3. The van der Waals surface area contributed by atoms with Crippen LogP contribution in [-0.2, 0) is 6.54 Å². The van der Waals surface area contributed by atoms with Gasteiger partial charge >= 0.3 is 0 Å². The number of benzene rings is 2. The van der Waals surface area contributed by atoms with Crippen LogP contribution in [0.4, 0.5) is 5.69 Å². The molecule has 0 bridgehead atoms. The van der Waals surface area contributed by atoms with Crippen LogP contribution in [0.2, 0.25) is 0 Å². The van der Waals surface area contributed by atoms with Crippen molar-refractivity contribution in [3.05, 3.63) is 69.7 Å². The Labute approximate surface area is 233 Å². The minimum absolute atomic E-state index is 0.313. The van der Waals surface area contributed by atoms with Gasteiger partial charge in [-0.1, -0.05) is 29.2 Å². The van der Waals surface area contributed by atoms with E-state index in [-0.39, 0.29) is 0 Å². The highest BCUT2D eigenvalue weighted by Crippen LogP contribution is 2.47. The van der Waals surface area contributed by atoms with Crippen LogP contribution in [0.25, 0.3) is 16.3 Å². The van der Waals surface area contributed by atoms with Crippen molar-refractivity contribution in [2.45, 2.75) is 30.7 Å². The van der Waals surface area contributed by atoms with E-state index in [0.29, 0.717) is 11.5 Å². The predicted octanol–water partition coefficient (Wildman–Crippen LogP) is 4.25. The molecule has 6 nitrogen and oxygen atoms in total. The number of allylic oxidation sites excluding steroid dienone is 4. The fraction of sp³-hybridized carbons (Fsp3) is 0.367. The van der Waals surface area contributed by atoms with Crippen molar-refractivity contribution >= 4 is 45.1 Å². The van der Waals surface area contributed by atoms with Crippen molar-refractivity contribution in [2.75, 3.05) is 52.7 Å². The fourth-order valence-corrected chi connectivity index (χ4v) is 7.32. The molecule has 5 rings (SSSR count). The number of fused-ring (bicyclic) bond motifs is 2. The molecule has 0 fully saturated rings. The first-order valence-corrected chi connectivity index (χ1v) is 14.9. The second-order valence-corrected chi connectivity index (χ2v) is 12.8. The maximum absolute atomic E-state index is 10.1. The molecule has 2 heterocycles. The molecule has 8 heteroatoms. The summed E-state index contributed by atoms with van der Waals surface area (Å²) in [7, 11) is 8.58. The number of anilines is 1. The van der Waals surface area contributed by atoms with Crippen molar-refractivity contribution < 1.29 is 19.7 Å². The number of phenolic OH excluding ortho intramolecular Hbond substituents is 2. The van der Waals surface area contributed by atoms with Gasteiger partial charge in [0.25, 0.3) is 5.01 Å². The number of phenols is 2. The van der Waals surface area contributed by atoms with E-state index in [1.807, 2.05) is 24.3 Å². The Morgan fingerprint density at radius 3 is 2.63 bits per heavy atom. The number of thiazole rings is 1. The lowest BCUT2D eigenvalue weighted by Gasteiger charge is -2.22. The minimum Gasteiger partial charge on any atom is -0.508 e. The summed E-state index contributed by atoms with van der Waals surface area (Å²) in [5.41, 5.74) is 5.05. The van der Waals surface area contributed by atoms with Crippen LogP contribution in [0, 0.1) is 0 Å². The highest BCUT2D eigenvalue weighted by molar-refractivity contribution is 8.03. The number of rotatable bonds is 8. The molecule has 0 saturated heterocycles. The van der Waals surface area contributed by atoms with Crippen molar-refractivity contribution in [1.29, 1.82) is 0 Å². The Kier molecular flexibility index (Phi) is 8.14. The zero-order valence-electron chi connectivity index (χ0n) is 22.7. The van der Waals surface area contributed by atoms with Gasteiger partial charge in [0.05, 0.1) is 44.4 Å². The maximum Gasteiger partial charge on any atom is 0.263 e. The third-order valence-corrected chi connectivity index (χ3v) is 9.14. The zero-order chi connectivity index (χ0) is 26.8. The van der Waals surface area contributed by atoms with Gasteiger partial charge < -0.3 is 24.9 Å². The van der Waals surface area contributed by atoms with Crippen molar-refractivity contribution in [2.24, 2.45) is 0 Å². The SMILES string of the molecule is CN(C)CC[n+]1c(/C=C2C=C(/C=C3\Sc4cc(O)ccc4N3CC[NH+](C)C)CCC/2)sc2cc(O)ccc21. The first kappa shape index (κ1) is 26.8. The van der Waals surface area contributed by atoms with E-state index in [1.165, 1.54) is 37.3 Å². The largest absolute Gasteiger partial charge is 0.508 e. The summed E-state index contributed by atoms with van der Waals surface area (Å²) < 4.78 is 3.49. The van der Waals surface area contributed by atoms with Crippen LogP contribution < -0.4 is 14.4 Å². The number of likely N-dealkylation sites (N-methyl/N-ethyl adjacent to an activating group) is 2. The molecule has 2 aliphatic rings. The Hall–Kier alpha value is -2.78. The molecule has 3 aromatic rings. The quantitative estimate of drug-likeness (QED) is 0.366. The molecule has 38 heavy (non-hydrogen) atoms. The van der Waals surface area contributed by atoms with Crippen molar-refractivity contribution in [1.82, 2.24) is 4.90 Å². The Bertz CT molecular complexity index is 1420. The van der Waals surface area contributed by atoms with Gasteiger partial charge in [0, 0.05) is 23.1 Å². The number of hydrogen-bond acceptors (Lipinski definition) is 6. The lowest BCUT2D eigenvalue weighted by molar-refractivity contribution is -0.856. The van der Waals surface area contributed by atoms with Gasteiger partial charge in [0.2, 0.25) is 5.52 Å². The topological polar surface area (TPSA) is 55.3 Å². The van der Waals surface area contributed by atoms with Gasteiger partial charge in [0.15, 0.2) is 6.54 Å². The molecule has 2 aromatic carbocycles. The first-order valence-electron chi connectivity index (χ1n) is 13.3. The summed E-state index contributed by atoms with van der Waals surface area (Å²) in [6, 6.07) is 11.4. The molecule has 0 amide bonds. The summed E-state index contributed by atoms with van der Waals surface area (Å²) in [6.45, 7) is 3.84.